The molecule has 1 heterocycles. The van der Waals surface area contributed by atoms with Crippen molar-refractivity contribution < 1.29 is 37.0 Å². The first-order valence-electron chi connectivity index (χ1n) is 12.9. The number of fused-ring (bicyclic) bond motifs is 1. The molecule has 4 aromatic carbocycles. The van der Waals surface area contributed by atoms with E-state index in [4.69, 9.17) is 25.8 Å². The fourth-order valence-corrected chi connectivity index (χ4v) is 4.75. The van der Waals surface area contributed by atoms with Crippen molar-refractivity contribution in [1.82, 2.24) is 10.4 Å². The fourth-order valence-electron chi connectivity index (χ4n) is 4.52. The number of ether oxygens (including phenoxy) is 3. The van der Waals surface area contributed by atoms with Crippen molar-refractivity contribution in [2.45, 2.75) is 6.18 Å². The van der Waals surface area contributed by atoms with Gasteiger partial charge in [0.15, 0.2) is 11.5 Å². The Morgan fingerprint density at radius 3 is 2.34 bits per heavy atom. The highest BCUT2D eigenvalue weighted by Crippen LogP contribution is 2.41. The van der Waals surface area contributed by atoms with E-state index in [9.17, 15) is 22.8 Å². The van der Waals surface area contributed by atoms with Crippen LogP contribution in [-0.2, 0) is 6.18 Å². The third-order valence-electron chi connectivity index (χ3n) is 6.61. The number of nitrogens with zero attached hydrogens (tertiary/aromatic N) is 1. The maximum absolute atomic E-state index is 13.8. The molecule has 0 aliphatic heterocycles. The third-order valence-corrected chi connectivity index (χ3v) is 6.93. The Bertz CT molecular complexity index is 1890. The molecule has 44 heavy (non-hydrogen) atoms. The van der Waals surface area contributed by atoms with Crippen LogP contribution in [0, 0.1) is 0 Å². The van der Waals surface area contributed by atoms with E-state index >= 15 is 0 Å². The van der Waals surface area contributed by atoms with Crippen molar-refractivity contribution in [1.29, 1.82) is 0 Å². The highest BCUT2D eigenvalue weighted by molar-refractivity contribution is 6.34. The number of methoxy groups -OCH3 is 2. The van der Waals surface area contributed by atoms with Gasteiger partial charge in [0.1, 0.15) is 11.4 Å². The van der Waals surface area contributed by atoms with Crippen molar-refractivity contribution >= 4 is 40.6 Å². The third kappa shape index (κ3) is 6.23. The minimum absolute atomic E-state index is 0.150. The predicted molar refractivity (Wildman–Crippen MR) is 160 cm³/mol. The minimum atomic E-state index is -4.66. The molecule has 1 aromatic heterocycles. The zero-order valence-corrected chi connectivity index (χ0v) is 23.9. The molecule has 5 aromatic rings. The lowest BCUT2D eigenvalue weighted by atomic mass is 10.00. The summed E-state index contributed by atoms with van der Waals surface area (Å²) in [5, 5.41) is 4.40. The molecule has 0 spiro atoms. The Hall–Kier alpha value is -5.29. The van der Waals surface area contributed by atoms with Gasteiger partial charge in [-0.3, -0.25) is 4.79 Å². The summed E-state index contributed by atoms with van der Waals surface area (Å²) in [6.07, 6.45) is -3.36. The van der Waals surface area contributed by atoms with Crippen LogP contribution in [0.1, 0.15) is 32.0 Å². The molecule has 0 aliphatic rings. The van der Waals surface area contributed by atoms with Crippen molar-refractivity contribution in [2.75, 3.05) is 14.2 Å². The van der Waals surface area contributed by atoms with Crippen molar-refractivity contribution in [3.05, 3.63) is 112 Å². The molecule has 0 aliphatic carbocycles. The summed E-state index contributed by atoms with van der Waals surface area (Å²) in [5.41, 5.74) is 2.36. The van der Waals surface area contributed by atoms with Crippen molar-refractivity contribution in [3.63, 3.8) is 0 Å². The highest BCUT2D eigenvalue weighted by atomic mass is 35.5. The average molecular weight is 622 g/mol. The molecule has 0 bridgehead atoms. The largest absolute Gasteiger partial charge is 0.497 e. The molecule has 2 N–H and O–H groups in total. The van der Waals surface area contributed by atoms with Crippen molar-refractivity contribution in [2.24, 2.45) is 5.10 Å². The number of aromatic nitrogens is 1. The number of para-hydroxylation sites is 1. The van der Waals surface area contributed by atoms with E-state index in [1.165, 1.54) is 44.7 Å². The standard InChI is InChI=1S/C32H23ClF3N3O5/c1-42-20-13-11-19(12-14-20)31(41)44-25-15-10-18(16-26(25)43-2)17-37-39-30(40)29-27(21-6-3-4-9-24(21)33)22-7-5-8-23(28(22)38-29)32(34,35)36/h3-17,38H,1-2H3,(H,39,40). The molecule has 8 nitrogen and oxygen atoms in total. The summed E-state index contributed by atoms with van der Waals surface area (Å²) in [6, 6.07) is 21.2. The van der Waals surface area contributed by atoms with Gasteiger partial charge in [-0.15, -0.1) is 0 Å². The number of nitrogens with one attached hydrogen (secondary N) is 2. The molecule has 12 heteroatoms. The number of alkyl halides is 3. The summed E-state index contributed by atoms with van der Waals surface area (Å²) >= 11 is 6.38. The second kappa shape index (κ2) is 12.5. The quantitative estimate of drug-likeness (QED) is 0.0808. The molecule has 0 unspecified atom stereocenters. The van der Waals surface area contributed by atoms with E-state index in [0.29, 0.717) is 22.4 Å². The minimum Gasteiger partial charge on any atom is -0.497 e. The number of carbonyl (C=O) groups excluding carboxylic acids is 2. The number of hydrazone groups is 1. The first-order valence-corrected chi connectivity index (χ1v) is 13.3. The maximum Gasteiger partial charge on any atom is 0.418 e. The number of H-pyrrole nitrogens is 1. The molecule has 1 amide bonds. The Balaban J connectivity index is 1.39. The van der Waals surface area contributed by atoms with Gasteiger partial charge in [0.05, 0.1) is 37.1 Å². The van der Waals surface area contributed by atoms with Gasteiger partial charge >= 0.3 is 12.1 Å². The Labute approximate surface area is 254 Å². The normalized spacial score (nSPS) is 11.5. The molecule has 0 saturated heterocycles. The van der Waals surface area contributed by atoms with Crippen molar-refractivity contribution in [3.8, 4) is 28.4 Å². The summed E-state index contributed by atoms with van der Waals surface area (Å²) in [5.74, 6) is -0.445. The molecule has 224 valence electrons. The Morgan fingerprint density at radius 1 is 0.909 bits per heavy atom. The Kier molecular flexibility index (Phi) is 8.59. The fraction of sp³-hybridized carbons (Fsp3) is 0.0938. The first kappa shape index (κ1) is 30.2. The van der Waals surface area contributed by atoms with E-state index < -0.39 is 23.6 Å². The second-order valence-corrected chi connectivity index (χ2v) is 9.72. The van der Waals surface area contributed by atoms with Gasteiger partial charge in [-0.05, 0) is 60.2 Å². The van der Waals surface area contributed by atoms with Gasteiger partial charge in [-0.25, -0.2) is 10.2 Å². The summed E-state index contributed by atoms with van der Waals surface area (Å²) in [4.78, 5) is 28.5. The average Bonchev–Trinajstić information content (AvgIpc) is 3.41. The van der Waals surface area contributed by atoms with Crippen LogP contribution in [0.3, 0.4) is 0 Å². The molecular weight excluding hydrogens is 599 g/mol. The number of aromatic amines is 1. The van der Waals surface area contributed by atoms with Gasteiger partial charge in [-0.1, -0.05) is 41.9 Å². The lowest BCUT2D eigenvalue weighted by Crippen LogP contribution is -2.19. The van der Waals surface area contributed by atoms with Gasteiger partial charge in [0.25, 0.3) is 5.91 Å². The van der Waals surface area contributed by atoms with Crippen LogP contribution < -0.4 is 19.6 Å². The van der Waals surface area contributed by atoms with E-state index in [-0.39, 0.29) is 38.7 Å². The van der Waals surface area contributed by atoms with Crippen LogP contribution in [0.25, 0.3) is 22.0 Å². The first-order chi connectivity index (χ1) is 21.1. The lowest BCUT2D eigenvalue weighted by molar-refractivity contribution is -0.136. The van der Waals surface area contributed by atoms with Crippen LogP contribution in [0.4, 0.5) is 13.2 Å². The summed E-state index contributed by atoms with van der Waals surface area (Å²) in [7, 11) is 2.91. The highest BCUT2D eigenvalue weighted by Gasteiger charge is 2.35. The number of rotatable bonds is 8. The summed E-state index contributed by atoms with van der Waals surface area (Å²) < 4.78 is 57.3. The van der Waals surface area contributed by atoms with E-state index in [1.54, 1.807) is 54.6 Å². The molecule has 0 radical (unpaired) electrons. The van der Waals surface area contributed by atoms with Crippen LogP contribution >= 0.6 is 11.6 Å². The Morgan fingerprint density at radius 2 is 1.66 bits per heavy atom. The van der Waals surface area contributed by atoms with E-state index in [1.807, 2.05) is 0 Å². The monoisotopic (exact) mass is 621 g/mol. The smallest absolute Gasteiger partial charge is 0.418 e. The van der Waals surface area contributed by atoms with Crippen LogP contribution in [0.2, 0.25) is 5.02 Å². The predicted octanol–water partition coefficient (Wildman–Crippen LogP) is 7.51. The zero-order chi connectivity index (χ0) is 31.4. The van der Waals surface area contributed by atoms with E-state index in [2.05, 4.69) is 15.5 Å². The number of carbonyl (C=O) groups is 2. The summed E-state index contributed by atoms with van der Waals surface area (Å²) in [6.45, 7) is 0. The van der Waals surface area contributed by atoms with Gasteiger partial charge in [0, 0.05) is 21.5 Å². The number of benzene rings is 4. The SMILES string of the molecule is COc1ccc(C(=O)Oc2ccc(C=NNC(=O)c3[nH]c4c(C(F)(F)F)cccc4c3-c3ccccc3Cl)cc2OC)cc1. The molecule has 0 fully saturated rings. The molecule has 0 saturated carbocycles. The van der Waals surface area contributed by atoms with Gasteiger partial charge in [-0.2, -0.15) is 18.3 Å². The van der Waals surface area contributed by atoms with Gasteiger partial charge < -0.3 is 19.2 Å². The zero-order valence-electron chi connectivity index (χ0n) is 23.2. The number of hydrogen-bond acceptors (Lipinski definition) is 6. The number of esters is 1. The topological polar surface area (TPSA) is 102 Å². The molecular formula is C32H23ClF3N3O5. The maximum atomic E-state index is 13.8. The molecule has 5 rings (SSSR count). The van der Waals surface area contributed by atoms with Crippen LogP contribution in [0.15, 0.2) is 90.0 Å². The second-order valence-electron chi connectivity index (χ2n) is 9.31. The van der Waals surface area contributed by atoms with Crippen LogP contribution in [-0.4, -0.2) is 37.3 Å². The van der Waals surface area contributed by atoms with Crippen LogP contribution in [0.5, 0.6) is 17.2 Å². The number of halogens is 4. The molecule has 0 atom stereocenters. The lowest BCUT2D eigenvalue weighted by Gasteiger charge is -2.10. The van der Waals surface area contributed by atoms with E-state index in [0.717, 1.165) is 6.07 Å². The number of amides is 1. The van der Waals surface area contributed by atoms with Gasteiger partial charge in [0.2, 0.25) is 0 Å². The number of hydrogen-bond donors (Lipinski definition) is 2.